The Balaban J connectivity index is 1.40. The molecule has 0 spiro atoms. The monoisotopic (exact) mass is 590 g/mol. The molecule has 0 unspecified atom stereocenters. The van der Waals surface area contributed by atoms with Gasteiger partial charge in [0, 0.05) is 0 Å². The van der Waals surface area contributed by atoms with Crippen LogP contribution in [0.3, 0.4) is 0 Å². The first kappa shape index (κ1) is 29.3. The van der Waals surface area contributed by atoms with Crippen LogP contribution in [-0.2, 0) is 0 Å². The van der Waals surface area contributed by atoms with Gasteiger partial charge < -0.3 is 0 Å². The molecule has 7 aromatic rings. The summed E-state index contributed by atoms with van der Waals surface area (Å²) in [5.74, 6) is 0. The molecule has 222 valence electrons. The second-order valence-corrected chi connectivity index (χ2v) is 12.7. The van der Waals surface area contributed by atoms with Crippen LogP contribution in [0.4, 0.5) is 0 Å². The number of rotatable bonds is 6. The molecule has 7 aromatic carbocycles. The maximum Gasteiger partial charge on any atom is -0.0171 e. The molecule has 0 saturated carbocycles. The summed E-state index contributed by atoms with van der Waals surface area (Å²) in [4.78, 5) is 0. The molecule has 0 aromatic heterocycles. The molecule has 0 aliphatic heterocycles. The molecule has 0 heterocycles. The first-order valence-electron chi connectivity index (χ1n) is 16.1. The molecule has 0 nitrogen and oxygen atoms in total. The fourth-order valence-electron chi connectivity index (χ4n) is 6.52. The average Bonchev–Trinajstić information content (AvgIpc) is 3.08. The summed E-state index contributed by atoms with van der Waals surface area (Å²) in [6, 6.07) is 58.2. The third kappa shape index (κ3) is 6.34. The zero-order chi connectivity index (χ0) is 31.6. The molecule has 0 fully saturated rings. The minimum atomic E-state index is 1.22. The van der Waals surface area contributed by atoms with Crippen LogP contribution in [0.2, 0.25) is 0 Å². The fraction of sp³-hybridized carbons (Fsp3) is 0.0870. The summed E-state index contributed by atoms with van der Waals surface area (Å²) in [6.45, 7) is 8.71. The molecule has 0 radical (unpaired) electrons. The number of hydrogen-bond donors (Lipinski definition) is 0. The Bertz CT molecular complexity index is 2130. The summed E-state index contributed by atoms with van der Waals surface area (Å²) in [7, 11) is 0. The van der Waals surface area contributed by atoms with E-state index >= 15 is 0 Å². The minimum Gasteiger partial charge on any atom is -0.0622 e. The Kier molecular flexibility index (Phi) is 7.95. The summed E-state index contributed by atoms with van der Waals surface area (Å²) < 4.78 is 0. The van der Waals surface area contributed by atoms with Crippen LogP contribution in [0, 0.1) is 27.7 Å². The van der Waals surface area contributed by atoms with Crippen molar-refractivity contribution >= 4 is 0 Å². The van der Waals surface area contributed by atoms with Crippen molar-refractivity contribution in [2.24, 2.45) is 0 Å². The van der Waals surface area contributed by atoms with E-state index in [2.05, 4.69) is 185 Å². The second-order valence-electron chi connectivity index (χ2n) is 12.7. The Labute approximate surface area is 273 Å². The molecule has 0 bridgehead atoms. The Morgan fingerprint density at radius 3 is 0.826 bits per heavy atom. The van der Waals surface area contributed by atoms with E-state index in [0.717, 1.165) is 0 Å². The van der Waals surface area contributed by atoms with E-state index in [0.29, 0.717) is 0 Å². The number of benzene rings is 7. The van der Waals surface area contributed by atoms with Gasteiger partial charge in [-0.3, -0.25) is 0 Å². The fourth-order valence-corrected chi connectivity index (χ4v) is 6.52. The zero-order valence-electron chi connectivity index (χ0n) is 27.0. The van der Waals surface area contributed by atoms with Crippen LogP contribution >= 0.6 is 0 Å². The maximum atomic E-state index is 2.37. The molecule has 0 saturated heterocycles. The summed E-state index contributed by atoms with van der Waals surface area (Å²) in [5, 5.41) is 0. The molecule has 0 aliphatic carbocycles. The number of aryl methyl sites for hydroxylation is 4. The van der Waals surface area contributed by atoms with Gasteiger partial charge in [-0.1, -0.05) is 132 Å². The van der Waals surface area contributed by atoms with Gasteiger partial charge in [0.05, 0.1) is 0 Å². The summed E-state index contributed by atoms with van der Waals surface area (Å²) >= 11 is 0. The van der Waals surface area contributed by atoms with Crippen molar-refractivity contribution in [2.75, 3.05) is 0 Å². The van der Waals surface area contributed by atoms with Crippen LogP contribution in [0.1, 0.15) is 22.3 Å². The van der Waals surface area contributed by atoms with E-state index in [1.807, 2.05) is 0 Å². The van der Waals surface area contributed by atoms with Gasteiger partial charge in [-0.25, -0.2) is 0 Å². The molecule has 46 heavy (non-hydrogen) atoms. The standard InChI is InChI=1S/C46H38/c1-31-15-17-37(18-16-31)43-25-41(35-11-7-5-8-12-35)27-45(29-43)39-22-34(4)23-40(24-39)46-28-42(36-13-9-6-10-14-36)26-44(30-46)38-20-32(2)19-33(3)21-38/h5-30H,1-4H3. The molecule has 0 atom stereocenters. The van der Waals surface area contributed by atoms with Crippen LogP contribution in [0.25, 0.3) is 66.8 Å². The van der Waals surface area contributed by atoms with Gasteiger partial charge in [-0.2, -0.15) is 0 Å². The van der Waals surface area contributed by atoms with Gasteiger partial charge in [-0.15, -0.1) is 0 Å². The van der Waals surface area contributed by atoms with Gasteiger partial charge in [0.15, 0.2) is 0 Å². The highest BCUT2D eigenvalue weighted by Gasteiger charge is 2.12. The molecule has 0 aliphatic rings. The molecule has 0 heteroatoms. The van der Waals surface area contributed by atoms with Crippen molar-refractivity contribution < 1.29 is 0 Å². The maximum absolute atomic E-state index is 2.37. The Morgan fingerprint density at radius 2 is 0.457 bits per heavy atom. The summed E-state index contributed by atoms with van der Waals surface area (Å²) in [6.07, 6.45) is 0. The third-order valence-corrected chi connectivity index (χ3v) is 8.76. The molecular formula is C46H38. The Morgan fingerprint density at radius 1 is 0.196 bits per heavy atom. The first-order chi connectivity index (χ1) is 22.4. The van der Waals surface area contributed by atoms with Crippen LogP contribution in [-0.4, -0.2) is 0 Å². The van der Waals surface area contributed by atoms with Crippen LogP contribution < -0.4 is 0 Å². The van der Waals surface area contributed by atoms with E-state index in [1.54, 1.807) is 0 Å². The van der Waals surface area contributed by atoms with Gasteiger partial charge in [-0.05, 0) is 142 Å². The largest absolute Gasteiger partial charge is 0.0622 e. The Hall–Kier alpha value is -5.46. The van der Waals surface area contributed by atoms with Crippen LogP contribution in [0.15, 0.2) is 158 Å². The topological polar surface area (TPSA) is 0 Å². The zero-order valence-corrected chi connectivity index (χ0v) is 27.0. The quantitative estimate of drug-likeness (QED) is 0.181. The van der Waals surface area contributed by atoms with E-state index in [4.69, 9.17) is 0 Å². The highest BCUT2D eigenvalue weighted by Crippen LogP contribution is 2.38. The lowest BCUT2D eigenvalue weighted by molar-refractivity contribution is 1.38. The second kappa shape index (κ2) is 12.5. The van der Waals surface area contributed by atoms with Crippen molar-refractivity contribution in [3.63, 3.8) is 0 Å². The van der Waals surface area contributed by atoms with Crippen molar-refractivity contribution in [2.45, 2.75) is 27.7 Å². The SMILES string of the molecule is Cc1ccc(-c2cc(-c3ccccc3)cc(-c3cc(C)cc(-c4cc(-c5ccccc5)cc(-c5cc(C)cc(C)c5)c4)c3)c2)cc1. The van der Waals surface area contributed by atoms with Crippen molar-refractivity contribution in [3.8, 4) is 66.8 Å². The lowest BCUT2D eigenvalue weighted by Crippen LogP contribution is -1.90. The van der Waals surface area contributed by atoms with Gasteiger partial charge in [0.2, 0.25) is 0 Å². The normalized spacial score (nSPS) is 11.0. The minimum absolute atomic E-state index is 1.22. The van der Waals surface area contributed by atoms with E-state index in [-0.39, 0.29) is 0 Å². The van der Waals surface area contributed by atoms with Crippen molar-refractivity contribution in [3.05, 3.63) is 180 Å². The predicted octanol–water partition coefficient (Wildman–Crippen LogP) is 12.9. The van der Waals surface area contributed by atoms with Crippen molar-refractivity contribution in [1.29, 1.82) is 0 Å². The number of hydrogen-bond acceptors (Lipinski definition) is 0. The first-order valence-corrected chi connectivity index (χ1v) is 16.1. The third-order valence-electron chi connectivity index (χ3n) is 8.76. The van der Waals surface area contributed by atoms with Crippen molar-refractivity contribution in [1.82, 2.24) is 0 Å². The molecule has 7 rings (SSSR count). The predicted molar refractivity (Wildman–Crippen MR) is 198 cm³/mol. The van der Waals surface area contributed by atoms with Gasteiger partial charge in [0.25, 0.3) is 0 Å². The van der Waals surface area contributed by atoms with E-state index < -0.39 is 0 Å². The highest BCUT2D eigenvalue weighted by molar-refractivity contribution is 5.86. The van der Waals surface area contributed by atoms with E-state index in [9.17, 15) is 0 Å². The van der Waals surface area contributed by atoms with Gasteiger partial charge >= 0.3 is 0 Å². The lowest BCUT2D eigenvalue weighted by atomic mass is 9.89. The highest BCUT2D eigenvalue weighted by atomic mass is 14.2. The average molecular weight is 591 g/mol. The molecular weight excluding hydrogens is 553 g/mol. The van der Waals surface area contributed by atoms with Gasteiger partial charge in [0.1, 0.15) is 0 Å². The van der Waals surface area contributed by atoms with E-state index in [1.165, 1.54) is 89.0 Å². The molecule has 0 amide bonds. The smallest absolute Gasteiger partial charge is 0.0171 e. The molecule has 0 N–H and O–H groups in total. The lowest BCUT2D eigenvalue weighted by Gasteiger charge is -2.15. The summed E-state index contributed by atoms with van der Waals surface area (Å²) in [5.41, 5.74) is 19.8. The van der Waals surface area contributed by atoms with Crippen LogP contribution in [0.5, 0.6) is 0 Å².